The van der Waals surface area contributed by atoms with Crippen LogP contribution in [-0.2, 0) is 9.59 Å². The predicted octanol–water partition coefficient (Wildman–Crippen LogP) is 6.06. The van der Waals surface area contributed by atoms with Crippen molar-refractivity contribution in [1.82, 2.24) is 4.90 Å². The number of anilines is 2. The molecule has 0 spiro atoms. The maximum absolute atomic E-state index is 13.7. The van der Waals surface area contributed by atoms with E-state index < -0.39 is 0 Å². The van der Waals surface area contributed by atoms with E-state index >= 15 is 0 Å². The summed E-state index contributed by atoms with van der Waals surface area (Å²) in [5.41, 5.74) is 6.59. The molecule has 0 unspecified atom stereocenters. The molecule has 1 heterocycles. The maximum Gasteiger partial charge on any atom is 0.234 e. The molecule has 1 aliphatic heterocycles. The Morgan fingerprint density at radius 3 is 1.97 bits per heavy atom. The van der Waals surface area contributed by atoms with Crippen LogP contribution in [0.15, 0.2) is 72.8 Å². The molecular weight excluding hydrogens is 458 g/mol. The van der Waals surface area contributed by atoms with Gasteiger partial charge in [0.15, 0.2) is 0 Å². The number of carbonyl (C=O) groups is 2. The van der Waals surface area contributed by atoms with E-state index in [9.17, 15) is 9.59 Å². The summed E-state index contributed by atoms with van der Waals surface area (Å²) in [7, 11) is 0. The average Bonchev–Trinajstić information content (AvgIpc) is 3.58. The third kappa shape index (κ3) is 4.87. The number of fused-ring (bicyclic) bond motifs is 3. The lowest BCUT2D eigenvalue weighted by Gasteiger charge is -2.37. The van der Waals surface area contributed by atoms with Gasteiger partial charge in [-0.1, -0.05) is 74.2 Å². The zero-order valence-corrected chi connectivity index (χ0v) is 21.4. The summed E-state index contributed by atoms with van der Waals surface area (Å²) in [6, 6.07) is 24.8. The van der Waals surface area contributed by atoms with Gasteiger partial charge in [-0.15, -0.1) is 0 Å². The van der Waals surface area contributed by atoms with E-state index in [1.54, 1.807) is 0 Å². The van der Waals surface area contributed by atoms with Crippen LogP contribution in [-0.4, -0.2) is 42.9 Å². The quantitative estimate of drug-likeness (QED) is 0.454. The first kappa shape index (κ1) is 23.8. The normalized spacial score (nSPS) is 17.5. The zero-order chi connectivity index (χ0) is 25.2. The van der Waals surface area contributed by atoms with Crippen molar-refractivity contribution in [3.8, 4) is 11.1 Å². The number of nitrogens with zero attached hydrogens (tertiary/aromatic N) is 2. The average molecular weight is 494 g/mol. The fourth-order valence-corrected chi connectivity index (χ4v) is 6.40. The van der Waals surface area contributed by atoms with Gasteiger partial charge >= 0.3 is 0 Å². The van der Waals surface area contributed by atoms with E-state index in [1.165, 1.54) is 36.8 Å². The molecule has 5 nitrogen and oxygen atoms in total. The Morgan fingerprint density at radius 2 is 1.35 bits per heavy atom. The lowest BCUT2D eigenvalue weighted by Crippen LogP contribution is -2.50. The van der Waals surface area contributed by atoms with Crippen LogP contribution in [0.3, 0.4) is 0 Å². The lowest BCUT2D eigenvalue weighted by molar-refractivity contribution is -0.132. The summed E-state index contributed by atoms with van der Waals surface area (Å²) in [4.78, 5) is 30.4. The Bertz CT molecular complexity index is 1230. The Morgan fingerprint density at radius 1 is 0.757 bits per heavy atom. The van der Waals surface area contributed by atoms with Crippen LogP contribution >= 0.6 is 0 Å². The fraction of sp³-hybridized carbons (Fsp3) is 0.375. The highest BCUT2D eigenvalue weighted by Crippen LogP contribution is 2.45. The zero-order valence-electron chi connectivity index (χ0n) is 21.4. The van der Waals surface area contributed by atoms with Crippen LogP contribution in [0.1, 0.15) is 55.6 Å². The summed E-state index contributed by atoms with van der Waals surface area (Å²) in [6.45, 7) is 3.02. The minimum Gasteiger partial charge on any atom is -0.368 e. The Hall–Kier alpha value is -3.60. The van der Waals surface area contributed by atoms with E-state index in [4.69, 9.17) is 0 Å². The van der Waals surface area contributed by atoms with Crippen LogP contribution in [0.25, 0.3) is 11.1 Å². The predicted molar refractivity (Wildman–Crippen MR) is 149 cm³/mol. The number of rotatable bonds is 6. The molecule has 0 aromatic heterocycles. The van der Waals surface area contributed by atoms with E-state index in [0.717, 1.165) is 47.9 Å². The molecular formula is C32H35N3O2. The van der Waals surface area contributed by atoms with E-state index in [-0.39, 0.29) is 17.7 Å². The molecule has 0 bridgehead atoms. The summed E-state index contributed by atoms with van der Waals surface area (Å²) in [5.74, 6) is 0.835. The molecule has 2 fully saturated rings. The Kier molecular flexibility index (Phi) is 6.69. The van der Waals surface area contributed by atoms with Gasteiger partial charge in [0.25, 0.3) is 0 Å². The molecule has 3 aliphatic rings. The molecule has 190 valence electrons. The SMILES string of the molecule is O=C(CCC1CCCC1)Nc1ccc(N2CCN(C(=O)C3c4ccccc4-c4ccccc43)CC2)cc1. The second-order valence-corrected chi connectivity index (χ2v) is 10.7. The van der Waals surface area contributed by atoms with Gasteiger partial charge in [-0.25, -0.2) is 0 Å². The monoisotopic (exact) mass is 493 g/mol. The van der Waals surface area contributed by atoms with Crippen molar-refractivity contribution < 1.29 is 9.59 Å². The summed E-state index contributed by atoms with van der Waals surface area (Å²) in [6.07, 6.45) is 6.81. The van der Waals surface area contributed by atoms with Crippen LogP contribution in [0.5, 0.6) is 0 Å². The number of amides is 2. The highest BCUT2D eigenvalue weighted by atomic mass is 16.2. The highest BCUT2D eigenvalue weighted by Gasteiger charge is 2.36. The minimum atomic E-state index is -0.212. The van der Waals surface area contributed by atoms with Crippen molar-refractivity contribution in [1.29, 1.82) is 0 Å². The second-order valence-electron chi connectivity index (χ2n) is 10.7. The third-order valence-corrected chi connectivity index (χ3v) is 8.44. The molecule has 1 saturated heterocycles. The van der Waals surface area contributed by atoms with Crippen molar-refractivity contribution in [2.24, 2.45) is 5.92 Å². The molecule has 0 radical (unpaired) electrons. The number of nitrogens with one attached hydrogen (secondary N) is 1. The molecule has 5 heteroatoms. The first-order chi connectivity index (χ1) is 18.2. The molecule has 37 heavy (non-hydrogen) atoms. The molecule has 6 rings (SSSR count). The summed E-state index contributed by atoms with van der Waals surface area (Å²) < 4.78 is 0. The molecule has 2 amide bonds. The Labute approximate surface area is 219 Å². The number of hydrogen-bond acceptors (Lipinski definition) is 3. The largest absolute Gasteiger partial charge is 0.368 e. The molecule has 1 N–H and O–H groups in total. The standard InChI is InChI=1S/C32H35N3O2/c36-30(18-13-23-7-1-2-8-23)33-24-14-16-25(17-15-24)34-19-21-35(22-20-34)32(37)31-28-11-5-3-9-26(28)27-10-4-6-12-29(27)31/h3-6,9-12,14-17,23,31H,1-2,7-8,13,18-22H2,(H,33,36). The van der Waals surface area contributed by atoms with Gasteiger partial charge in [0, 0.05) is 44.0 Å². The summed E-state index contributed by atoms with van der Waals surface area (Å²) >= 11 is 0. The van der Waals surface area contributed by atoms with Crippen molar-refractivity contribution in [3.05, 3.63) is 83.9 Å². The van der Waals surface area contributed by atoms with Crippen molar-refractivity contribution in [2.45, 2.75) is 44.4 Å². The first-order valence-electron chi connectivity index (χ1n) is 13.8. The number of benzene rings is 3. The second kappa shape index (κ2) is 10.4. The van der Waals surface area contributed by atoms with Crippen LogP contribution < -0.4 is 10.2 Å². The van der Waals surface area contributed by atoms with Gasteiger partial charge in [0.1, 0.15) is 0 Å². The molecule has 3 aromatic rings. The van der Waals surface area contributed by atoms with Crippen LogP contribution in [0.4, 0.5) is 11.4 Å². The number of piperazine rings is 1. The van der Waals surface area contributed by atoms with Crippen LogP contribution in [0.2, 0.25) is 0 Å². The summed E-state index contributed by atoms with van der Waals surface area (Å²) in [5, 5.41) is 3.06. The number of carbonyl (C=O) groups excluding carboxylic acids is 2. The van der Waals surface area contributed by atoms with Gasteiger partial charge in [-0.3, -0.25) is 9.59 Å². The van der Waals surface area contributed by atoms with E-state index in [1.807, 2.05) is 29.2 Å². The first-order valence-corrected chi connectivity index (χ1v) is 13.8. The molecule has 0 atom stereocenters. The number of hydrogen-bond donors (Lipinski definition) is 1. The molecule has 2 aliphatic carbocycles. The van der Waals surface area contributed by atoms with Gasteiger partial charge < -0.3 is 15.1 Å². The highest BCUT2D eigenvalue weighted by molar-refractivity contribution is 5.96. The molecule has 3 aromatic carbocycles. The topological polar surface area (TPSA) is 52.7 Å². The van der Waals surface area contributed by atoms with Crippen LogP contribution in [0, 0.1) is 5.92 Å². The van der Waals surface area contributed by atoms with Gasteiger partial charge in [0.05, 0.1) is 5.92 Å². The van der Waals surface area contributed by atoms with Gasteiger partial charge in [0.2, 0.25) is 11.8 Å². The van der Waals surface area contributed by atoms with Crippen molar-refractivity contribution >= 4 is 23.2 Å². The maximum atomic E-state index is 13.7. The van der Waals surface area contributed by atoms with Gasteiger partial charge in [-0.05, 0) is 58.9 Å². The van der Waals surface area contributed by atoms with Crippen molar-refractivity contribution in [2.75, 3.05) is 36.4 Å². The molecule has 1 saturated carbocycles. The van der Waals surface area contributed by atoms with E-state index in [0.29, 0.717) is 19.5 Å². The fourth-order valence-electron chi connectivity index (χ4n) is 6.40. The minimum absolute atomic E-state index is 0.113. The third-order valence-electron chi connectivity index (χ3n) is 8.44. The lowest BCUT2D eigenvalue weighted by atomic mass is 9.95. The van der Waals surface area contributed by atoms with E-state index in [2.05, 4.69) is 58.7 Å². The Balaban J connectivity index is 1.05. The smallest absolute Gasteiger partial charge is 0.234 e. The van der Waals surface area contributed by atoms with Crippen molar-refractivity contribution in [3.63, 3.8) is 0 Å². The van der Waals surface area contributed by atoms with Gasteiger partial charge in [-0.2, -0.15) is 0 Å².